The number of amides is 1. The average Bonchev–Trinajstić information content (AvgIpc) is 3.24. The number of rotatable bonds is 5. The van der Waals surface area contributed by atoms with E-state index in [-0.39, 0.29) is 17.5 Å². The van der Waals surface area contributed by atoms with Gasteiger partial charge in [-0.1, -0.05) is 25.1 Å². The minimum absolute atomic E-state index is 0.0386. The van der Waals surface area contributed by atoms with E-state index in [0.29, 0.717) is 11.6 Å². The molecule has 3 aromatic rings. The van der Waals surface area contributed by atoms with Crippen molar-refractivity contribution < 1.29 is 4.79 Å². The van der Waals surface area contributed by atoms with Gasteiger partial charge in [-0.15, -0.1) is 0 Å². The molecule has 1 amide bonds. The van der Waals surface area contributed by atoms with Crippen molar-refractivity contribution in [3.63, 3.8) is 0 Å². The Balaban J connectivity index is 1.27. The molecular formula is C30H32N6O. The number of likely N-dealkylation sites (tertiary alicyclic amines) is 1. The number of pyridine rings is 2. The zero-order valence-electron chi connectivity index (χ0n) is 21.6. The second-order valence-electron chi connectivity index (χ2n) is 10.2. The Kier molecular flexibility index (Phi) is 6.77. The van der Waals surface area contributed by atoms with Gasteiger partial charge in [-0.2, -0.15) is 5.26 Å². The van der Waals surface area contributed by atoms with Crippen molar-refractivity contribution in [3.8, 4) is 17.3 Å². The highest BCUT2D eigenvalue weighted by atomic mass is 16.2. The standard InChI is InChI=1S/C30H32N6O/c1-19-23(16-25-24(10-13-33-29(19)25)27-9-8-26(32)28(17-31)34-27)18-36-14-11-21(12-15-36)20-4-6-22(7-5-20)30(37)35(2)3/h4-10,13,16,19,21H,11-12,14-15,18,32H2,1-3H3. The maximum absolute atomic E-state index is 12.2. The van der Waals surface area contributed by atoms with E-state index in [1.54, 1.807) is 25.1 Å². The first kappa shape index (κ1) is 24.7. The first-order valence-electron chi connectivity index (χ1n) is 12.8. The number of fused-ring (bicyclic) bond motifs is 1. The monoisotopic (exact) mass is 492 g/mol. The summed E-state index contributed by atoms with van der Waals surface area (Å²) >= 11 is 0. The highest BCUT2D eigenvalue weighted by Crippen LogP contribution is 2.40. The lowest BCUT2D eigenvalue weighted by Gasteiger charge is -2.33. The number of hydrogen-bond donors (Lipinski definition) is 1. The lowest BCUT2D eigenvalue weighted by Crippen LogP contribution is -2.34. The van der Waals surface area contributed by atoms with Crippen LogP contribution in [0.1, 0.15) is 64.5 Å². The fourth-order valence-electron chi connectivity index (χ4n) is 5.43. The van der Waals surface area contributed by atoms with Crippen molar-refractivity contribution in [2.75, 3.05) is 39.5 Å². The third kappa shape index (κ3) is 4.85. The van der Waals surface area contributed by atoms with Crippen LogP contribution < -0.4 is 5.73 Å². The number of nitrogens with zero attached hydrogens (tertiary/aromatic N) is 5. The Labute approximate surface area is 218 Å². The predicted octanol–water partition coefficient (Wildman–Crippen LogP) is 4.68. The third-order valence-electron chi connectivity index (χ3n) is 7.65. The van der Waals surface area contributed by atoms with Crippen LogP contribution in [0.3, 0.4) is 0 Å². The number of carbonyl (C=O) groups is 1. The minimum Gasteiger partial charge on any atom is -0.396 e. The lowest BCUT2D eigenvalue weighted by atomic mass is 9.88. The van der Waals surface area contributed by atoms with Crippen LogP contribution in [0.4, 0.5) is 5.69 Å². The van der Waals surface area contributed by atoms with Crippen LogP contribution in [0.5, 0.6) is 0 Å². The molecule has 1 fully saturated rings. The van der Waals surface area contributed by atoms with Crippen molar-refractivity contribution >= 4 is 17.7 Å². The van der Waals surface area contributed by atoms with Crippen LogP contribution >= 0.6 is 0 Å². The maximum Gasteiger partial charge on any atom is 0.253 e. The van der Waals surface area contributed by atoms with E-state index in [2.05, 4.69) is 41.1 Å². The van der Waals surface area contributed by atoms with Gasteiger partial charge in [0.25, 0.3) is 5.91 Å². The van der Waals surface area contributed by atoms with Crippen LogP contribution in [0.15, 0.2) is 54.2 Å². The Hall–Kier alpha value is -4.02. The molecule has 0 bridgehead atoms. The van der Waals surface area contributed by atoms with Gasteiger partial charge in [0.15, 0.2) is 5.69 Å². The molecule has 0 saturated carbocycles. The van der Waals surface area contributed by atoms with Crippen molar-refractivity contribution in [3.05, 3.63) is 82.3 Å². The van der Waals surface area contributed by atoms with Crippen LogP contribution in [0.25, 0.3) is 17.3 Å². The summed E-state index contributed by atoms with van der Waals surface area (Å²) in [4.78, 5) is 25.5. The van der Waals surface area contributed by atoms with E-state index >= 15 is 0 Å². The molecule has 2 aromatic heterocycles. The molecule has 2 aliphatic rings. The molecule has 0 spiro atoms. The zero-order chi connectivity index (χ0) is 26.1. The van der Waals surface area contributed by atoms with Gasteiger partial charge < -0.3 is 10.6 Å². The summed E-state index contributed by atoms with van der Waals surface area (Å²) in [5.41, 5.74) is 13.8. The normalized spacial score (nSPS) is 17.7. The molecule has 1 aromatic carbocycles. The van der Waals surface area contributed by atoms with Crippen molar-refractivity contribution in [1.82, 2.24) is 19.8 Å². The fourth-order valence-corrected chi connectivity index (χ4v) is 5.43. The van der Waals surface area contributed by atoms with Gasteiger partial charge in [0.1, 0.15) is 6.07 Å². The van der Waals surface area contributed by atoms with Gasteiger partial charge in [0.05, 0.1) is 17.1 Å². The summed E-state index contributed by atoms with van der Waals surface area (Å²) in [6.45, 7) is 5.21. The molecule has 1 aliphatic heterocycles. The van der Waals surface area contributed by atoms with Crippen molar-refractivity contribution in [2.24, 2.45) is 0 Å². The molecule has 1 atom stereocenters. The average molecular weight is 493 g/mol. The zero-order valence-corrected chi connectivity index (χ0v) is 21.6. The largest absolute Gasteiger partial charge is 0.396 e. The maximum atomic E-state index is 12.2. The first-order chi connectivity index (χ1) is 17.9. The molecule has 7 nitrogen and oxygen atoms in total. The number of carbonyl (C=O) groups excluding carboxylic acids is 1. The quantitative estimate of drug-likeness (QED) is 0.555. The molecule has 0 radical (unpaired) electrons. The van der Waals surface area contributed by atoms with E-state index in [1.807, 2.05) is 30.5 Å². The SMILES string of the molecule is CC1C(CN2CCC(c3ccc(C(=O)N(C)C)cc3)CC2)=Cc2c(-c3ccc(N)c(C#N)n3)ccnc21. The Morgan fingerprint density at radius 2 is 1.86 bits per heavy atom. The molecule has 1 unspecified atom stereocenters. The molecule has 2 N–H and O–H groups in total. The highest BCUT2D eigenvalue weighted by molar-refractivity contribution is 5.93. The summed E-state index contributed by atoms with van der Waals surface area (Å²) in [7, 11) is 3.56. The van der Waals surface area contributed by atoms with E-state index in [9.17, 15) is 10.1 Å². The molecule has 5 rings (SSSR count). The third-order valence-corrected chi connectivity index (χ3v) is 7.65. The molecule has 7 heteroatoms. The summed E-state index contributed by atoms with van der Waals surface area (Å²) < 4.78 is 0. The van der Waals surface area contributed by atoms with E-state index in [0.717, 1.165) is 60.6 Å². The van der Waals surface area contributed by atoms with Gasteiger partial charge in [-0.05, 0) is 73.3 Å². The molecule has 3 heterocycles. The van der Waals surface area contributed by atoms with Gasteiger partial charge in [0.2, 0.25) is 0 Å². The Morgan fingerprint density at radius 1 is 1.14 bits per heavy atom. The summed E-state index contributed by atoms with van der Waals surface area (Å²) in [6.07, 6.45) is 6.30. The summed E-state index contributed by atoms with van der Waals surface area (Å²) in [6, 6.07) is 15.8. The lowest BCUT2D eigenvalue weighted by molar-refractivity contribution is 0.0827. The highest BCUT2D eigenvalue weighted by Gasteiger charge is 2.28. The molecule has 188 valence electrons. The number of nitriles is 1. The number of benzene rings is 1. The van der Waals surface area contributed by atoms with E-state index in [1.165, 1.54) is 11.1 Å². The predicted molar refractivity (Wildman–Crippen MR) is 146 cm³/mol. The summed E-state index contributed by atoms with van der Waals surface area (Å²) in [5.74, 6) is 0.793. The van der Waals surface area contributed by atoms with Crippen LogP contribution in [0.2, 0.25) is 0 Å². The van der Waals surface area contributed by atoms with Gasteiger partial charge in [-0.3, -0.25) is 14.7 Å². The van der Waals surface area contributed by atoms with Crippen LogP contribution in [-0.2, 0) is 0 Å². The second-order valence-corrected chi connectivity index (χ2v) is 10.2. The van der Waals surface area contributed by atoms with E-state index < -0.39 is 0 Å². The topological polar surface area (TPSA) is 99.1 Å². The number of anilines is 1. The fraction of sp³-hybridized carbons (Fsp3) is 0.333. The van der Waals surface area contributed by atoms with E-state index in [4.69, 9.17) is 10.7 Å². The molecule has 1 saturated heterocycles. The molecule has 1 aliphatic carbocycles. The Bertz CT molecular complexity index is 1390. The molecular weight excluding hydrogens is 460 g/mol. The smallest absolute Gasteiger partial charge is 0.253 e. The summed E-state index contributed by atoms with van der Waals surface area (Å²) in [5, 5.41) is 9.36. The first-order valence-corrected chi connectivity index (χ1v) is 12.8. The van der Waals surface area contributed by atoms with Gasteiger partial charge in [-0.25, -0.2) is 4.98 Å². The van der Waals surface area contributed by atoms with Gasteiger partial charge in [0, 0.05) is 49.4 Å². The number of nitrogens with two attached hydrogens (primary N) is 1. The van der Waals surface area contributed by atoms with Gasteiger partial charge >= 0.3 is 0 Å². The number of nitrogen functional groups attached to an aromatic ring is 1. The van der Waals surface area contributed by atoms with Crippen LogP contribution in [-0.4, -0.2) is 59.4 Å². The van der Waals surface area contributed by atoms with Crippen molar-refractivity contribution in [1.29, 1.82) is 5.26 Å². The van der Waals surface area contributed by atoms with Crippen LogP contribution in [0, 0.1) is 11.3 Å². The Morgan fingerprint density at radius 3 is 2.54 bits per heavy atom. The number of aromatic nitrogens is 2. The number of hydrogen-bond acceptors (Lipinski definition) is 6. The molecule has 37 heavy (non-hydrogen) atoms. The second kappa shape index (κ2) is 10.2. The van der Waals surface area contributed by atoms with Crippen molar-refractivity contribution in [2.45, 2.75) is 31.6 Å². The number of piperidine rings is 1. The minimum atomic E-state index is 0.0386.